The number of rotatable bonds is 4. The van der Waals surface area contributed by atoms with Crippen molar-refractivity contribution in [1.82, 2.24) is 4.98 Å². The van der Waals surface area contributed by atoms with Crippen molar-refractivity contribution >= 4 is 39.5 Å². The van der Waals surface area contributed by atoms with Gasteiger partial charge in [0, 0.05) is 5.39 Å². The van der Waals surface area contributed by atoms with E-state index < -0.39 is 6.89 Å². The molecule has 1 nitrogen and oxygen atoms in total. The highest BCUT2D eigenvalue weighted by atomic mass is 31.2. The SMILES string of the molecule is C(c1ccc2ccccc2n1)=P(c1ccccc1)(c1ccccc1)c1ccccc1. The highest BCUT2D eigenvalue weighted by Gasteiger charge is 2.25. The maximum atomic E-state index is 5.01. The Morgan fingerprint density at radius 1 is 0.467 bits per heavy atom. The van der Waals surface area contributed by atoms with Crippen LogP contribution in [0, 0.1) is 0 Å². The van der Waals surface area contributed by atoms with Crippen molar-refractivity contribution in [2.24, 2.45) is 0 Å². The third kappa shape index (κ3) is 3.38. The van der Waals surface area contributed by atoms with Crippen LogP contribution in [0.25, 0.3) is 10.9 Å². The molecule has 1 aromatic heterocycles. The third-order valence-electron chi connectivity index (χ3n) is 5.44. The Hall–Kier alpha value is -3.41. The zero-order chi connectivity index (χ0) is 20.2. The monoisotopic (exact) mass is 403 g/mol. The lowest BCUT2D eigenvalue weighted by Gasteiger charge is -2.28. The summed E-state index contributed by atoms with van der Waals surface area (Å²) in [4.78, 5) is 5.01. The van der Waals surface area contributed by atoms with Gasteiger partial charge in [-0.3, -0.25) is 0 Å². The maximum Gasteiger partial charge on any atom is 0.0709 e. The topological polar surface area (TPSA) is 12.9 Å². The van der Waals surface area contributed by atoms with Crippen LogP contribution in [-0.2, 0) is 0 Å². The van der Waals surface area contributed by atoms with E-state index in [9.17, 15) is 0 Å². The molecule has 0 N–H and O–H groups in total. The molecular formula is C28H22NP. The Labute approximate surface area is 177 Å². The normalized spacial score (nSPS) is 11.3. The number of aromatic nitrogens is 1. The Kier molecular flexibility index (Phi) is 5.05. The molecule has 0 unspecified atom stereocenters. The molecule has 0 spiro atoms. The lowest BCUT2D eigenvalue weighted by atomic mass is 10.2. The second-order valence-corrected chi connectivity index (χ2v) is 10.5. The average Bonchev–Trinajstić information content (AvgIpc) is 2.84. The first-order valence-corrected chi connectivity index (χ1v) is 12.0. The van der Waals surface area contributed by atoms with Crippen molar-refractivity contribution in [3.8, 4) is 0 Å². The largest absolute Gasteiger partial charge is 0.248 e. The van der Waals surface area contributed by atoms with E-state index in [4.69, 9.17) is 4.98 Å². The van der Waals surface area contributed by atoms with Gasteiger partial charge in [-0.25, -0.2) is 4.98 Å². The molecule has 0 radical (unpaired) electrons. The first-order chi connectivity index (χ1) is 14.9. The van der Waals surface area contributed by atoms with Crippen LogP contribution in [0.15, 0.2) is 127 Å². The Morgan fingerprint density at radius 3 is 1.47 bits per heavy atom. The zero-order valence-electron chi connectivity index (χ0n) is 16.6. The molecule has 30 heavy (non-hydrogen) atoms. The lowest BCUT2D eigenvalue weighted by Crippen LogP contribution is -2.27. The van der Waals surface area contributed by atoms with Gasteiger partial charge in [0.25, 0.3) is 0 Å². The molecule has 2 heteroatoms. The highest BCUT2D eigenvalue weighted by molar-refractivity contribution is 7.94. The molecule has 0 fully saturated rings. The van der Waals surface area contributed by atoms with Crippen LogP contribution in [0.2, 0.25) is 0 Å². The van der Waals surface area contributed by atoms with Gasteiger partial charge in [0.1, 0.15) is 0 Å². The Morgan fingerprint density at radius 2 is 0.933 bits per heavy atom. The standard InChI is InChI=1S/C28H22NP/c1-4-13-25(14-5-1)30(26-15-6-2-7-16-26,27-17-8-3-9-18-27)22-24-21-20-23-12-10-11-19-28(23)29-24/h1-22H. The summed E-state index contributed by atoms with van der Waals surface area (Å²) in [5.74, 6) is 2.42. The van der Waals surface area contributed by atoms with Gasteiger partial charge in [0.2, 0.25) is 0 Å². The predicted molar refractivity (Wildman–Crippen MR) is 132 cm³/mol. The van der Waals surface area contributed by atoms with Gasteiger partial charge in [-0.1, -0.05) is 115 Å². The summed E-state index contributed by atoms with van der Waals surface area (Å²) in [6, 6.07) is 45.2. The van der Waals surface area contributed by atoms with Gasteiger partial charge in [-0.05, 0) is 40.7 Å². The summed E-state index contributed by atoms with van der Waals surface area (Å²) in [5.41, 5.74) is 2.04. The minimum absolute atomic E-state index is 1.01. The summed E-state index contributed by atoms with van der Waals surface area (Å²) < 4.78 is 0. The molecule has 144 valence electrons. The smallest absolute Gasteiger partial charge is 0.0709 e. The number of para-hydroxylation sites is 1. The Bertz CT molecular complexity index is 1220. The molecule has 5 rings (SSSR count). The molecule has 0 amide bonds. The number of hydrogen-bond donors (Lipinski definition) is 0. The van der Waals surface area contributed by atoms with E-state index in [0.29, 0.717) is 0 Å². The molecule has 4 aromatic carbocycles. The first kappa shape index (κ1) is 18.6. The molecule has 0 bridgehead atoms. The van der Waals surface area contributed by atoms with Gasteiger partial charge >= 0.3 is 0 Å². The van der Waals surface area contributed by atoms with Crippen LogP contribution >= 0.6 is 6.89 Å². The molecular weight excluding hydrogens is 381 g/mol. The second kappa shape index (κ2) is 8.14. The molecule has 0 aliphatic carbocycles. The number of hydrogen-bond acceptors (Lipinski definition) is 1. The summed E-state index contributed by atoms with van der Waals surface area (Å²) >= 11 is 0. The lowest BCUT2D eigenvalue weighted by molar-refractivity contribution is 1.39. The van der Waals surface area contributed by atoms with Crippen LogP contribution in [0.5, 0.6) is 0 Å². The van der Waals surface area contributed by atoms with Gasteiger partial charge in [-0.2, -0.15) is 0 Å². The second-order valence-electron chi connectivity index (χ2n) is 7.29. The van der Waals surface area contributed by atoms with Gasteiger partial charge in [-0.15, -0.1) is 0 Å². The Balaban J connectivity index is 1.88. The van der Waals surface area contributed by atoms with E-state index in [1.54, 1.807) is 0 Å². The van der Waals surface area contributed by atoms with Crippen molar-refractivity contribution in [1.29, 1.82) is 0 Å². The van der Waals surface area contributed by atoms with E-state index in [2.05, 4.69) is 127 Å². The number of benzene rings is 4. The zero-order valence-corrected chi connectivity index (χ0v) is 17.5. The average molecular weight is 403 g/mol. The first-order valence-electron chi connectivity index (χ1n) is 10.1. The third-order valence-corrected chi connectivity index (χ3v) is 9.43. The van der Waals surface area contributed by atoms with Crippen LogP contribution in [0.1, 0.15) is 5.69 Å². The van der Waals surface area contributed by atoms with Crippen molar-refractivity contribution < 1.29 is 0 Å². The van der Waals surface area contributed by atoms with E-state index in [-0.39, 0.29) is 0 Å². The minimum atomic E-state index is -2.04. The van der Waals surface area contributed by atoms with E-state index in [1.165, 1.54) is 15.9 Å². The van der Waals surface area contributed by atoms with Crippen LogP contribution in [0.3, 0.4) is 0 Å². The van der Waals surface area contributed by atoms with Crippen LogP contribution < -0.4 is 15.9 Å². The van der Waals surface area contributed by atoms with Crippen LogP contribution in [-0.4, -0.2) is 10.8 Å². The molecule has 0 aliphatic heterocycles. The van der Waals surface area contributed by atoms with Crippen molar-refractivity contribution in [3.63, 3.8) is 0 Å². The molecule has 0 saturated carbocycles. The fourth-order valence-electron chi connectivity index (χ4n) is 4.01. The highest BCUT2D eigenvalue weighted by Crippen LogP contribution is 2.44. The quantitative estimate of drug-likeness (QED) is 0.367. The summed E-state index contributed by atoms with van der Waals surface area (Å²) in [5, 5.41) is 5.16. The fourth-order valence-corrected chi connectivity index (χ4v) is 7.82. The molecule has 0 atom stereocenters. The van der Waals surface area contributed by atoms with Gasteiger partial charge < -0.3 is 0 Å². The van der Waals surface area contributed by atoms with E-state index in [0.717, 1.165) is 16.6 Å². The van der Waals surface area contributed by atoms with E-state index in [1.807, 2.05) is 6.07 Å². The summed E-state index contributed by atoms with van der Waals surface area (Å²) in [6.07, 6.45) is 0. The van der Waals surface area contributed by atoms with Gasteiger partial charge in [0.05, 0.1) is 11.2 Å². The molecule has 1 heterocycles. The molecule has 0 saturated heterocycles. The number of nitrogens with zero attached hydrogens (tertiary/aromatic N) is 1. The number of fused-ring (bicyclic) bond motifs is 1. The molecule has 5 aromatic rings. The van der Waals surface area contributed by atoms with Crippen molar-refractivity contribution in [2.75, 3.05) is 0 Å². The van der Waals surface area contributed by atoms with E-state index >= 15 is 0 Å². The van der Waals surface area contributed by atoms with Crippen molar-refractivity contribution in [2.45, 2.75) is 0 Å². The van der Waals surface area contributed by atoms with Gasteiger partial charge in [0.15, 0.2) is 0 Å². The maximum absolute atomic E-state index is 5.01. The fraction of sp³-hybridized carbons (Fsp3) is 0. The summed E-state index contributed by atoms with van der Waals surface area (Å²) in [7, 11) is 0. The number of pyridine rings is 1. The summed E-state index contributed by atoms with van der Waals surface area (Å²) in [6.45, 7) is -2.04. The van der Waals surface area contributed by atoms with Crippen LogP contribution in [0.4, 0.5) is 0 Å². The molecule has 0 aliphatic rings. The van der Waals surface area contributed by atoms with Crippen molar-refractivity contribution in [3.05, 3.63) is 133 Å². The predicted octanol–water partition coefficient (Wildman–Crippen LogP) is 5.38. The minimum Gasteiger partial charge on any atom is -0.248 e.